The van der Waals surface area contributed by atoms with Crippen LogP contribution < -0.4 is 9.64 Å². The molecule has 0 saturated heterocycles. The highest BCUT2D eigenvalue weighted by molar-refractivity contribution is 6.00. The molecule has 1 aliphatic rings. The molecular weight excluding hydrogens is 315 g/mol. The fourth-order valence-electron chi connectivity index (χ4n) is 2.65. The predicted molar refractivity (Wildman–Crippen MR) is 85.4 cm³/mol. The quantitative estimate of drug-likeness (QED) is 0.636. The van der Waals surface area contributed by atoms with Gasteiger partial charge in [0.25, 0.3) is 11.6 Å². The molecule has 2 aromatic carbocycles. The third-order valence-electron chi connectivity index (χ3n) is 3.91. The Bertz CT molecular complexity index is 809. The number of ether oxygens (including phenoxy) is 1. The highest BCUT2D eigenvalue weighted by atomic mass is 19.1. The van der Waals surface area contributed by atoms with E-state index in [0.29, 0.717) is 17.7 Å². The van der Waals surface area contributed by atoms with Crippen LogP contribution in [-0.2, 0) is 11.3 Å². The van der Waals surface area contributed by atoms with Gasteiger partial charge in [0.15, 0.2) is 11.9 Å². The number of amides is 1. The van der Waals surface area contributed by atoms with E-state index in [4.69, 9.17) is 4.74 Å². The third kappa shape index (κ3) is 2.80. The van der Waals surface area contributed by atoms with Crippen LogP contribution in [0.1, 0.15) is 18.9 Å². The molecule has 0 aromatic heterocycles. The molecule has 1 atom stereocenters. The minimum Gasteiger partial charge on any atom is -0.478 e. The molecule has 3 rings (SSSR count). The second-order valence-corrected chi connectivity index (χ2v) is 5.44. The molecule has 0 saturated carbocycles. The number of hydrogen-bond donors (Lipinski definition) is 0. The van der Waals surface area contributed by atoms with Crippen LogP contribution in [0.3, 0.4) is 0 Å². The fourth-order valence-corrected chi connectivity index (χ4v) is 2.65. The van der Waals surface area contributed by atoms with E-state index in [1.54, 1.807) is 25.1 Å². The van der Waals surface area contributed by atoms with Crippen molar-refractivity contribution in [3.05, 3.63) is 64.0 Å². The second kappa shape index (κ2) is 6.27. The molecule has 24 heavy (non-hydrogen) atoms. The van der Waals surface area contributed by atoms with Crippen molar-refractivity contribution in [2.24, 2.45) is 0 Å². The van der Waals surface area contributed by atoms with E-state index in [1.165, 1.54) is 29.2 Å². The summed E-state index contributed by atoms with van der Waals surface area (Å²) in [6, 6.07) is 10.2. The molecule has 1 unspecified atom stereocenters. The molecule has 124 valence electrons. The van der Waals surface area contributed by atoms with Crippen molar-refractivity contribution < 1.29 is 18.8 Å². The van der Waals surface area contributed by atoms with E-state index in [2.05, 4.69) is 0 Å². The molecule has 1 aliphatic heterocycles. The Morgan fingerprint density at radius 1 is 1.29 bits per heavy atom. The fraction of sp³-hybridized carbons (Fsp3) is 0.235. The summed E-state index contributed by atoms with van der Waals surface area (Å²) in [6.45, 7) is 1.82. The maximum absolute atomic E-state index is 13.9. The van der Waals surface area contributed by atoms with Crippen molar-refractivity contribution in [3.8, 4) is 5.75 Å². The zero-order chi connectivity index (χ0) is 17.3. The van der Waals surface area contributed by atoms with Crippen LogP contribution in [0.15, 0.2) is 42.5 Å². The van der Waals surface area contributed by atoms with Gasteiger partial charge in [0.2, 0.25) is 0 Å². The minimum absolute atomic E-state index is 0.0379. The monoisotopic (exact) mass is 330 g/mol. The van der Waals surface area contributed by atoms with Crippen LogP contribution >= 0.6 is 0 Å². The second-order valence-electron chi connectivity index (χ2n) is 5.44. The zero-order valence-electron chi connectivity index (χ0n) is 12.9. The average molecular weight is 330 g/mol. The van der Waals surface area contributed by atoms with Gasteiger partial charge < -0.3 is 9.64 Å². The first kappa shape index (κ1) is 15.9. The van der Waals surface area contributed by atoms with Gasteiger partial charge in [0, 0.05) is 11.6 Å². The molecule has 6 nitrogen and oxygen atoms in total. The maximum Gasteiger partial charge on any atom is 0.273 e. The van der Waals surface area contributed by atoms with Gasteiger partial charge in [-0.1, -0.05) is 25.1 Å². The van der Waals surface area contributed by atoms with E-state index >= 15 is 0 Å². The Morgan fingerprint density at radius 3 is 2.71 bits per heavy atom. The highest BCUT2D eigenvalue weighted by Crippen LogP contribution is 2.38. The number of halogens is 1. The Hall–Kier alpha value is -2.96. The van der Waals surface area contributed by atoms with Crippen molar-refractivity contribution in [2.45, 2.75) is 26.0 Å². The molecule has 1 amide bonds. The Labute approximate surface area is 137 Å². The molecule has 0 fully saturated rings. The molecule has 2 aromatic rings. The van der Waals surface area contributed by atoms with Crippen molar-refractivity contribution in [2.75, 3.05) is 4.90 Å². The zero-order valence-corrected chi connectivity index (χ0v) is 12.9. The standard InChI is InChI=1S/C17H15FN2O4/c1-2-15-17(21)19(10-11-5-3-4-6-13(11)18)14-8-7-12(20(22)23)9-16(14)24-15/h3-9,15H,2,10H2,1H3. The third-order valence-corrected chi connectivity index (χ3v) is 3.91. The number of non-ortho nitro benzene ring substituents is 1. The summed E-state index contributed by atoms with van der Waals surface area (Å²) in [7, 11) is 0. The van der Waals surface area contributed by atoms with Crippen LogP contribution in [0.2, 0.25) is 0 Å². The molecule has 0 bridgehead atoms. The number of carbonyl (C=O) groups is 1. The molecular formula is C17H15FN2O4. The summed E-state index contributed by atoms with van der Waals surface area (Å²) < 4.78 is 19.5. The van der Waals surface area contributed by atoms with Gasteiger partial charge in [-0.15, -0.1) is 0 Å². The van der Waals surface area contributed by atoms with Gasteiger partial charge in [-0.3, -0.25) is 14.9 Å². The average Bonchev–Trinajstić information content (AvgIpc) is 2.58. The minimum atomic E-state index is -0.744. The molecule has 0 aliphatic carbocycles. The van der Waals surface area contributed by atoms with Gasteiger partial charge in [0.05, 0.1) is 23.2 Å². The lowest BCUT2D eigenvalue weighted by Crippen LogP contribution is -2.45. The summed E-state index contributed by atoms with van der Waals surface area (Å²) >= 11 is 0. The van der Waals surface area contributed by atoms with Crippen LogP contribution in [0.5, 0.6) is 5.75 Å². The summed E-state index contributed by atoms with van der Waals surface area (Å²) in [5.41, 5.74) is 0.647. The Morgan fingerprint density at radius 2 is 2.04 bits per heavy atom. The topological polar surface area (TPSA) is 72.7 Å². The van der Waals surface area contributed by atoms with E-state index in [1.807, 2.05) is 0 Å². The lowest BCUT2D eigenvalue weighted by atomic mass is 10.1. The highest BCUT2D eigenvalue weighted by Gasteiger charge is 2.34. The largest absolute Gasteiger partial charge is 0.478 e. The summed E-state index contributed by atoms with van der Waals surface area (Å²) in [5.74, 6) is -0.442. The van der Waals surface area contributed by atoms with Crippen molar-refractivity contribution in [3.63, 3.8) is 0 Å². The number of nitro groups is 1. The number of nitrogens with zero attached hydrogens (tertiary/aromatic N) is 2. The van der Waals surface area contributed by atoms with E-state index in [-0.39, 0.29) is 23.9 Å². The molecule has 1 heterocycles. The van der Waals surface area contributed by atoms with Gasteiger partial charge >= 0.3 is 0 Å². The SMILES string of the molecule is CCC1Oc2cc([N+](=O)[O-])ccc2N(Cc2ccccc2F)C1=O. The molecule has 0 spiro atoms. The number of hydrogen-bond acceptors (Lipinski definition) is 4. The maximum atomic E-state index is 13.9. The van der Waals surface area contributed by atoms with E-state index in [9.17, 15) is 19.3 Å². The van der Waals surface area contributed by atoms with Gasteiger partial charge in [0.1, 0.15) is 5.82 Å². The lowest BCUT2D eigenvalue weighted by Gasteiger charge is -2.34. The summed E-state index contributed by atoms with van der Waals surface area (Å²) in [6.07, 6.45) is -0.333. The van der Waals surface area contributed by atoms with Crippen molar-refractivity contribution in [1.29, 1.82) is 0 Å². The van der Waals surface area contributed by atoms with Crippen molar-refractivity contribution in [1.82, 2.24) is 0 Å². The van der Waals surface area contributed by atoms with Gasteiger partial charge in [-0.05, 0) is 18.6 Å². The number of anilines is 1. The first-order chi connectivity index (χ1) is 11.5. The first-order valence-electron chi connectivity index (χ1n) is 7.51. The number of rotatable bonds is 4. The van der Waals surface area contributed by atoms with Crippen LogP contribution in [-0.4, -0.2) is 16.9 Å². The number of carbonyl (C=O) groups excluding carboxylic acids is 1. The first-order valence-corrected chi connectivity index (χ1v) is 7.51. The molecule has 0 radical (unpaired) electrons. The van der Waals surface area contributed by atoms with Crippen LogP contribution in [0.25, 0.3) is 0 Å². The summed E-state index contributed by atoms with van der Waals surface area (Å²) in [4.78, 5) is 24.4. The molecule has 7 heteroatoms. The van der Waals surface area contributed by atoms with Gasteiger partial charge in [-0.2, -0.15) is 0 Å². The van der Waals surface area contributed by atoms with Crippen LogP contribution in [0, 0.1) is 15.9 Å². The number of benzene rings is 2. The lowest BCUT2D eigenvalue weighted by molar-refractivity contribution is -0.384. The summed E-state index contributed by atoms with van der Waals surface area (Å²) in [5, 5.41) is 10.9. The van der Waals surface area contributed by atoms with Crippen molar-refractivity contribution >= 4 is 17.3 Å². The van der Waals surface area contributed by atoms with E-state index < -0.39 is 16.8 Å². The Balaban J connectivity index is 2.03. The Kier molecular flexibility index (Phi) is 4.16. The predicted octanol–water partition coefficient (Wildman–Crippen LogP) is 3.44. The number of fused-ring (bicyclic) bond motifs is 1. The smallest absolute Gasteiger partial charge is 0.273 e. The molecule has 0 N–H and O–H groups in total. The van der Waals surface area contributed by atoms with Crippen LogP contribution in [0.4, 0.5) is 15.8 Å². The number of nitro benzene ring substituents is 1. The normalized spacial score (nSPS) is 16.5. The van der Waals surface area contributed by atoms with Gasteiger partial charge in [-0.25, -0.2) is 4.39 Å². The van der Waals surface area contributed by atoms with E-state index in [0.717, 1.165) is 0 Å².